The third-order valence-electron chi connectivity index (χ3n) is 3.05. The van der Waals surface area contributed by atoms with Gasteiger partial charge in [0.2, 0.25) is 0 Å². The van der Waals surface area contributed by atoms with Crippen LogP contribution in [0.15, 0.2) is 54.6 Å². The maximum atomic E-state index is 13.7. The summed E-state index contributed by atoms with van der Waals surface area (Å²) in [5.74, 6) is -1.60. The summed E-state index contributed by atoms with van der Waals surface area (Å²) in [6, 6.07) is 11.8. The van der Waals surface area contributed by atoms with Gasteiger partial charge in [-0.1, -0.05) is 48.6 Å². The molecule has 0 bridgehead atoms. The van der Waals surface area contributed by atoms with Crippen LogP contribution < -0.4 is 0 Å². The minimum absolute atomic E-state index is 0.306. The van der Waals surface area contributed by atoms with Gasteiger partial charge in [-0.05, 0) is 37.0 Å². The van der Waals surface area contributed by atoms with Crippen LogP contribution in [0.4, 0.5) is 8.78 Å². The van der Waals surface area contributed by atoms with Crippen LogP contribution in [0.1, 0.15) is 18.9 Å². The molecule has 0 radical (unpaired) electrons. The number of hydrogen-bond donors (Lipinski definition) is 0. The molecule has 2 aromatic rings. The van der Waals surface area contributed by atoms with E-state index in [1.54, 1.807) is 6.07 Å². The van der Waals surface area contributed by atoms with Crippen molar-refractivity contribution < 1.29 is 8.78 Å². The first-order valence-electron chi connectivity index (χ1n) is 6.37. The maximum absolute atomic E-state index is 13.7. The molecule has 2 heteroatoms. The van der Waals surface area contributed by atoms with E-state index in [-0.39, 0.29) is 0 Å². The Labute approximate surface area is 112 Å². The summed E-state index contributed by atoms with van der Waals surface area (Å²) in [5, 5.41) is 0. The molecule has 0 saturated heterocycles. The van der Waals surface area contributed by atoms with Crippen molar-refractivity contribution in [2.24, 2.45) is 0 Å². The van der Waals surface area contributed by atoms with Crippen molar-refractivity contribution in [1.29, 1.82) is 0 Å². The van der Waals surface area contributed by atoms with Crippen molar-refractivity contribution >= 4 is 0 Å². The molecule has 0 aromatic heterocycles. The monoisotopic (exact) mass is 258 g/mol. The second kappa shape index (κ2) is 6.28. The Kier molecular flexibility index (Phi) is 4.45. The van der Waals surface area contributed by atoms with Crippen LogP contribution >= 0.6 is 0 Å². The van der Waals surface area contributed by atoms with Gasteiger partial charge in [0.25, 0.3) is 0 Å². The lowest BCUT2D eigenvalue weighted by Gasteiger charge is -2.05. The van der Waals surface area contributed by atoms with Crippen LogP contribution in [0.2, 0.25) is 0 Å². The van der Waals surface area contributed by atoms with Gasteiger partial charge in [-0.2, -0.15) is 0 Å². The fourth-order valence-electron chi connectivity index (χ4n) is 1.99. The van der Waals surface area contributed by atoms with Crippen LogP contribution in [-0.4, -0.2) is 0 Å². The van der Waals surface area contributed by atoms with Crippen LogP contribution in [-0.2, 0) is 6.42 Å². The molecule has 98 valence electrons. The van der Waals surface area contributed by atoms with E-state index in [0.29, 0.717) is 11.1 Å². The van der Waals surface area contributed by atoms with Gasteiger partial charge < -0.3 is 0 Å². The van der Waals surface area contributed by atoms with Gasteiger partial charge in [0.1, 0.15) is 0 Å². The fraction of sp³-hybridized carbons (Fsp3) is 0.176. The summed E-state index contributed by atoms with van der Waals surface area (Å²) < 4.78 is 26.8. The molecular formula is C17H16F2. The molecule has 0 aliphatic rings. The highest BCUT2D eigenvalue weighted by molar-refractivity contribution is 5.64. The number of halogens is 2. The van der Waals surface area contributed by atoms with Gasteiger partial charge in [0.05, 0.1) is 0 Å². The molecular weight excluding hydrogens is 242 g/mol. The Morgan fingerprint density at radius 1 is 1.00 bits per heavy atom. The van der Waals surface area contributed by atoms with Crippen LogP contribution in [0, 0.1) is 11.6 Å². The van der Waals surface area contributed by atoms with Gasteiger partial charge in [-0.15, -0.1) is 0 Å². The van der Waals surface area contributed by atoms with Crippen LogP contribution in [0.3, 0.4) is 0 Å². The van der Waals surface area contributed by atoms with Gasteiger partial charge in [-0.3, -0.25) is 0 Å². The Bertz CT molecular complexity index is 568. The lowest BCUT2D eigenvalue weighted by molar-refractivity contribution is 0.511. The predicted octanol–water partition coefficient (Wildman–Crippen LogP) is 5.14. The van der Waals surface area contributed by atoms with Crippen LogP contribution in [0.25, 0.3) is 11.1 Å². The normalized spacial score (nSPS) is 11.1. The summed E-state index contributed by atoms with van der Waals surface area (Å²) in [6.07, 6.45) is 6.08. The van der Waals surface area contributed by atoms with Crippen molar-refractivity contribution in [1.82, 2.24) is 0 Å². The van der Waals surface area contributed by atoms with E-state index in [0.717, 1.165) is 18.9 Å². The van der Waals surface area contributed by atoms with Gasteiger partial charge >= 0.3 is 0 Å². The average Bonchev–Trinajstić information content (AvgIpc) is 2.43. The third kappa shape index (κ3) is 3.28. The second-order valence-electron chi connectivity index (χ2n) is 4.41. The zero-order valence-corrected chi connectivity index (χ0v) is 10.9. The zero-order valence-electron chi connectivity index (χ0n) is 10.9. The smallest absolute Gasteiger partial charge is 0.166 e. The molecule has 0 unspecified atom stereocenters. The highest BCUT2D eigenvalue weighted by Crippen LogP contribution is 2.24. The number of benzene rings is 2. The summed E-state index contributed by atoms with van der Waals surface area (Å²) >= 11 is 0. The molecule has 0 heterocycles. The molecule has 2 rings (SSSR count). The minimum atomic E-state index is -0.811. The van der Waals surface area contributed by atoms with Crippen molar-refractivity contribution in [2.45, 2.75) is 19.8 Å². The van der Waals surface area contributed by atoms with Crippen molar-refractivity contribution in [3.8, 4) is 11.1 Å². The molecule has 0 saturated carbocycles. The number of aryl methyl sites for hydroxylation is 1. The standard InChI is InChI=1S/C17H16F2/c1-2-3-4-6-13-9-11-14(12-10-13)15-7-5-8-16(18)17(15)19/h2-3,5,7-12H,4,6H2,1H3/b3-2+. The Morgan fingerprint density at radius 2 is 1.74 bits per heavy atom. The molecule has 0 amide bonds. The Balaban J connectivity index is 2.20. The van der Waals surface area contributed by atoms with Crippen molar-refractivity contribution in [3.63, 3.8) is 0 Å². The first kappa shape index (κ1) is 13.5. The lowest BCUT2D eigenvalue weighted by atomic mass is 10.0. The lowest BCUT2D eigenvalue weighted by Crippen LogP contribution is -1.90. The zero-order chi connectivity index (χ0) is 13.7. The topological polar surface area (TPSA) is 0 Å². The number of hydrogen-bond acceptors (Lipinski definition) is 0. The fourth-order valence-corrected chi connectivity index (χ4v) is 1.99. The van der Waals surface area contributed by atoms with Crippen molar-refractivity contribution in [2.75, 3.05) is 0 Å². The quantitative estimate of drug-likeness (QED) is 0.666. The molecule has 0 atom stereocenters. The molecule has 19 heavy (non-hydrogen) atoms. The Hall–Kier alpha value is -1.96. The van der Waals surface area contributed by atoms with E-state index in [1.807, 2.05) is 37.3 Å². The molecule has 0 aliphatic carbocycles. The predicted molar refractivity (Wildman–Crippen MR) is 74.9 cm³/mol. The second-order valence-corrected chi connectivity index (χ2v) is 4.41. The largest absolute Gasteiger partial charge is 0.204 e. The molecule has 0 nitrogen and oxygen atoms in total. The van der Waals surface area contributed by atoms with E-state index >= 15 is 0 Å². The summed E-state index contributed by atoms with van der Waals surface area (Å²) in [5.41, 5.74) is 2.20. The summed E-state index contributed by atoms with van der Waals surface area (Å²) in [7, 11) is 0. The molecule has 2 aromatic carbocycles. The van der Waals surface area contributed by atoms with Gasteiger partial charge in [0, 0.05) is 5.56 Å². The first-order chi connectivity index (χ1) is 9.22. The van der Waals surface area contributed by atoms with E-state index in [1.165, 1.54) is 11.6 Å². The number of allylic oxidation sites excluding steroid dienone is 2. The van der Waals surface area contributed by atoms with Crippen molar-refractivity contribution in [3.05, 3.63) is 71.8 Å². The SMILES string of the molecule is C/C=C/CCc1ccc(-c2cccc(F)c2F)cc1. The van der Waals surface area contributed by atoms with Gasteiger partial charge in [-0.25, -0.2) is 8.78 Å². The third-order valence-corrected chi connectivity index (χ3v) is 3.05. The average molecular weight is 258 g/mol. The molecule has 0 N–H and O–H groups in total. The van der Waals surface area contributed by atoms with E-state index in [9.17, 15) is 8.78 Å². The summed E-state index contributed by atoms with van der Waals surface area (Å²) in [4.78, 5) is 0. The first-order valence-corrected chi connectivity index (χ1v) is 6.37. The number of rotatable bonds is 4. The van der Waals surface area contributed by atoms with E-state index in [4.69, 9.17) is 0 Å². The summed E-state index contributed by atoms with van der Waals surface area (Å²) in [6.45, 7) is 2.00. The van der Waals surface area contributed by atoms with E-state index < -0.39 is 11.6 Å². The highest BCUT2D eigenvalue weighted by Gasteiger charge is 2.09. The highest BCUT2D eigenvalue weighted by atomic mass is 19.2. The van der Waals surface area contributed by atoms with E-state index in [2.05, 4.69) is 6.08 Å². The van der Waals surface area contributed by atoms with Gasteiger partial charge in [0.15, 0.2) is 11.6 Å². The Morgan fingerprint density at radius 3 is 2.42 bits per heavy atom. The maximum Gasteiger partial charge on any atom is 0.166 e. The molecule has 0 spiro atoms. The molecule has 0 fully saturated rings. The molecule has 0 aliphatic heterocycles. The minimum Gasteiger partial charge on any atom is -0.204 e. The van der Waals surface area contributed by atoms with Crippen LogP contribution in [0.5, 0.6) is 0 Å².